The minimum Gasteiger partial charge on any atom is -0.490 e. The van der Waals surface area contributed by atoms with Gasteiger partial charge in [0.25, 0.3) is 0 Å². The lowest BCUT2D eigenvalue weighted by molar-refractivity contribution is -0.134. The summed E-state index contributed by atoms with van der Waals surface area (Å²) in [6.45, 7) is 1.36. The van der Waals surface area contributed by atoms with Crippen molar-refractivity contribution in [2.45, 2.75) is 18.4 Å². The molecular formula is C21H25NO4. The molecule has 1 N–H and O–H groups in total. The number of β-amino-alcohol motifs (C(OH)–C–C–N with tert-alkyl or cyclic N) is 1. The van der Waals surface area contributed by atoms with E-state index in [1.54, 1.807) is 4.90 Å². The number of aliphatic hydroxyl groups is 1. The summed E-state index contributed by atoms with van der Waals surface area (Å²) in [7, 11) is 0. The Hall–Kier alpha value is -2.37. The Bertz CT molecular complexity index is 692. The maximum atomic E-state index is 12.6. The number of hydrogen-bond donors (Lipinski definition) is 1. The van der Waals surface area contributed by atoms with E-state index < -0.39 is 5.60 Å². The number of para-hydroxylation sites is 1. The monoisotopic (exact) mass is 355 g/mol. The van der Waals surface area contributed by atoms with Crippen LogP contribution in [-0.2, 0) is 16.0 Å². The third kappa shape index (κ3) is 5.31. The van der Waals surface area contributed by atoms with Crippen LogP contribution in [0.5, 0.6) is 5.75 Å². The smallest absolute Gasteiger partial charge is 0.223 e. The van der Waals surface area contributed by atoms with Gasteiger partial charge in [-0.1, -0.05) is 48.5 Å². The molecule has 0 saturated carbocycles. The quantitative estimate of drug-likeness (QED) is 0.864. The van der Waals surface area contributed by atoms with E-state index in [4.69, 9.17) is 9.47 Å². The number of carbonyl (C=O) groups excluding carboxylic acids is 1. The zero-order chi connectivity index (χ0) is 18.2. The van der Waals surface area contributed by atoms with Gasteiger partial charge in [0, 0.05) is 13.0 Å². The molecule has 1 aliphatic heterocycles. The highest BCUT2D eigenvalue weighted by Gasteiger charge is 2.35. The van der Waals surface area contributed by atoms with Crippen LogP contribution >= 0.6 is 0 Å². The minimum atomic E-state index is -1.21. The lowest BCUT2D eigenvalue weighted by atomic mass is 10.1. The third-order valence-corrected chi connectivity index (χ3v) is 4.44. The minimum absolute atomic E-state index is 0.0255. The molecule has 1 heterocycles. The number of ether oxygens (including phenoxy) is 2. The molecule has 0 aromatic heterocycles. The molecule has 1 amide bonds. The summed E-state index contributed by atoms with van der Waals surface area (Å²) in [5.74, 6) is 0.713. The highest BCUT2D eigenvalue weighted by Crippen LogP contribution is 2.17. The average Bonchev–Trinajstić information content (AvgIpc) is 2.88. The van der Waals surface area contributed by atoms with Gasteiger partial charge in [0.2, 0.25) is 5.91 Å². The summed E-state index contributed by atoms with van der Waals surface area (Å²) in [4.78, 5) is 14.3. The van der Waals surface area contributed by atoms with Gasteiger partial charge in [0.15, 0.2) is 0 Å². The van der Waals surface area contributed by atoms with Crippen molar-refractivity contribution in [3.8, 4) is 5.75 Å². The maximum absolute atomic E-state index is 12.6. The van der Waals surface area contributed by atoms with E-state index in [-0.39, 0.29) is 25.7 Å². The van der Waals surface area contributed by atoms with Gasteiger partial charge in [0.05, 0.1) is 19.8 Å². The van der Waals surface area contributed by atoms with Crippen molar-refractivity contribution >= 4 is 5.91 Å². The van der Waals surface area contributed by atoms with Crippen LogP contribution in [0.25, 0.3) is 0 Å². The molecule has 1 atom stereocenters. The Morgan fingerprint density at radius 1 is 1.12 bits per heavy atom. The van der Waals surface area contributed by atoms with E-state index >= 15 is 0 Å². The van der Waals surface area contributed by atoms with Gasteiger partial charge in [-0.25, -0.2) is 0 Å². The standard InChI is InChI=1S/C21H25NO4/c23-20(12-11-18-7-3-1-4-8-18)22-13-14-25-16-21(24,15-22)17-26-19-9-5-2-6-10-19/h1-10,24H,11-17H2/t21-/m1/s1. The first-order valence-electron chi connectivity index (χ1n) is 8.94. The normalized spacial score (nSPS) is 20.4. The summed E-state index contributed by atoms with van der Waals surface area (Å²) in [5.41, 5.74) is -0.0797. The third-order valence-electron chi connectivity index (χ3n) is 4.44. The zero-order valence-electron chi connectivity index (χ0n) is 14.8. The van der Waals surface area contributed by atoms with E-state index in [1.807, 2.05) is 60.7 Å². The second-order valence-corrected chi connectivity index (χ2v) is 6.68. The van der Waals surface area contributed by atoms with Gasteiger partial charge < -0.3 is 19.5 Å². The van der Waals surface area contributed by atoms with Crippen molar-refractivity contribution in [1.29, 1.82) is 0 Å². The van der Waals surface area contributed by atoms with E-state index in [1.165, 1.54) is 0 Å². The Morgan fingerprint density at radius 3 is 2.54 bits per heavy atom. The molecular weight excluding hydrogens is 330 g/mol. The fourth-order valence-electron chi connectivity index (χ4n) is 3.01. The summed E-state index contributed by atoms with van der Waals surface area (Å²) < 4.78 is 11.2. The van der Waals surface area contributed by atoms with Crippen molar-refractivity contribution in [1.82, 2.24) is 4.90 Å². The molecule has 0 unspecified atom stereocenters. The van der Waals surface area contributed by atoms with Crippen LogP contribution in [0, 0.1) is 0 Å². The molecule has 0 radical (unpaired) electrons. The molecule has 5 nitrogen and oxygen atoms in total. The van der Waals surface area contributed by atoms with E-state index in [2.05, 4.69) is 0 Å². The molecule has 1 saturated heterocycles. The first kappa shape index (κ1) is 18.4. The highest BCUT2D eigenvalue weighted by molar-refractivity contribution is 5.76. The van der Waals surface area contributed by atoms with E-state index in [0.29, 0.717) is 31.7 Å². The Kier molecular flexibility index (Phi) is 6.26. The molecule has 2 aromatic carbocycles. The summed E-state index contributed by atoms with van der Waals surface area (Å²) >= 11 is 0. The molecule has 1 fully saturated rings. The predicted molar refractivity (Wildman–Crippen MR) is 99.0 cm³/mol. The molecule has 26 heavy (non-hydrogen) atoms. The lowest BCUT2D eigenvalue weighted by Gasteiger charge is -2.30. The van der Waals surface area contributed by atoms with Gasteiger partial charge in [-0.2, -0.15) is 0 Å². The fraction of sp³-hybridized carbons (Fsp3) is 0.381. The molecule has 3 rings (SSSR count). The molecule has 0 bridgehead atoms. The number of benzene rings is 2. The van der Waals surface area contributed by atoms with Gasteiger partial charge in [-0.3, -0.25) is 4.79 Å². The Morgan fingerprint density at radius 2 is 1.81 bits per heavy atom. The van der Waals surface area contributed by atoms with Crippen LogP contribution in [-0.4, -0.2) is 54.4 Å². The van der Waals surface area contributed by atoms with Gasteiger partial charge in [-0.15, -0.1) is 0 Å². The van der Waals surface area contributed by atoms with Crippen molar-refractivity contribution in [3.63, 3.8) is 0 Å². The van der Waals surface area contributed by atoms with Gasteiger partial charge in [0.1, 0.15) is 18.0 Å². The van der Waals surface area contributed by atoms with Crippen molar-refractivity contribution < 1.29 is 19.4 Å². The Balaban J connectivity index is 1.56. The van der Waals surface area contributed by atoms with Crippen molar-refractivity contribution in [3.05, 3.63) is 66.2 Å². The average molecular weight is 355 g/mol. The van der Waals surface area contributed by atoms with Crippen LogP contribution in [0.4, 0.5) is 0 Å². The number of aryl methyl sites for hydroxylation is 1. The maximum Gasteiger partial charge on any atom is 0.223 e. The summed E-state index contributed by atoms with van der Waals surface area (Å²) in [6.07, 6.45) is 1.11. The van der Waals surface area contributed by atoms with E-state index in [9.17, 15) is 9.90 Å². The van der Waals surface area contributed by atoms with Crippen LogP contribution in [0.2, 0.25) is 0 Å². The fourth-order valence-corrected chi connectivity index (χ4v) is 3.01. The lowest BCUT2D eigenvalue weighted by Crippen LogP contribution is -2.50. The molecule has 1 aliphatic rings. The van der Waals surface area contributed by atoms with E-state index in [0.717, 1.165) is 5.56 Å². The molecule has 0 spiro atoms. The number of nitrogens with zero attached hydrogens (tertiary/aromatic N) is 1. The number of carbonyl (C=O) groups is 1. The van der Waals surface area contributed by atoms with Crippen molar-refractivity contribution in [2.24, 2.45) is 0 Å². The first-order chi connectivity index (χ1) is 12.6. The van der Waals surface area contributed by atoms with Gasteiger partial charge >= 0.3 is 0 Å². The molecule has 2 aromatic rings. The van der Waals surface area contributed by atoms with Crippen LogP contribution in [0.3, 0.4) is 0 Å². The molecule has 5 heteroatoms. The van der Waals surface area contributed by atoms with Crippen LogP contribution in [0.1, 0.15) is 12.0 Å². The SMILES string of the molecule is O=C(CCc1ccccc1)N1CCOC[C@@](O)(COc2ccccc2)C1. The van der Waals surface area contributed by atoms with Crippen LogP contribution < -0.4 is 4.74 Å². The highest BCUT2D eigenvalue weighted by atomic mass is 16.5. The summed E-state index contributed by atoms with van der Waals surface area (Å²) in [5, 5.41) is 10.9. The van der Waals surface area contributed by atoms with Crippen LogP contribution in [0.15, 0.2) is 60.7 Å². The number of hydrogen-bond acceptors (Lipinski definition) is 4. The molecule has 0 aliphatic carbocycles. The number of rotatable bonds is 6. The predicted octanol–water partition coefficient (Wildman–Crippen LogP) is 2.29. The first-order valence-corrected chi connectivity index (χ1v) is 8.94. The van der Waals surface area contributed by atoms with Crippen molar-refractivity contribution in [2.75, 3.05) is 32.9 Å². The molecule has 138 valence electrons. The van der Waals surface area contributed by atoms with Gasteiger partial charge in [-0.05, 0) is 24.1 Å². The summed E-state index contributed by atoms with van der Waals surface area (Å²) in [6, 6.07) is 19.3. The zero-order valence-corrected chi connectivity index (χ0v) is 14.8. The topological polar surface area (TPSA) is 59.0 Å². The second-order valence-electron chi connectivity index (χ2n) is 6.68. The largest absolute Gasteiger partial charge is 0.490 e. The second kappa shape index (κ2) is 8.83. The number of amides is 1. The Labute approximate surface area is 154 Å².